The van der Waals surface area contributed by atoms with Crippen molar-refractivity contribution in [3.8, 4) is 0 Å². The maximum atomic E-state index is 13.7. The number of aromatic nitrogens is 1. The van der Waals surface area contributed by atoms with Gasteiger partial charge in [-0.25, -0.2) is 9.37 Å². The van der Waals surface area contributed by atoms with Crippen LogP contribution in [0.15, 0.2) is 18.3 Å². The van der Waals surface area contributed by atoms with Crippen molar-refractivity contribution < 1.29 is 18.7 Å². The molecule has 1 unspecified atom stereocenters. The van der Waals surface area contributed by atoms with Gasteiger partial charge in [0.2, 0.25) is 5.91 Å². The first-order valence-electron chi connectivity index (χ1n) is 7.79. The second-order valence-electron chi connectivity index (χ2n) is 5.60. The van der Waals surface area contributed by atoms with Gasteiger partial charge in [0.25, 0.3) is 0 Å². The third-order valence-electron chi connectivity index (χ3n) is 3.87. The van der Waals surface area contributed by atoms with Crippen LogP contribution in [0.25, 0.3) is 0 Å². The lowest BCUT2D eigenvalue weighted by Crippen LogP contribution is -2.46. The Morgan fingerprint density at radius 3 is 3.00 bits per heavy atom. The molecule has 1 aromatic heterocycles. The van der Waals surface area contributed by atoms with Crippen LogP contribution in [-0.2, 0) is 14.3 Å². The normalized spacial score (nSPS) is 17.7. The molecule has 126 valence electrons. The van der Waals surface area contributed by atoms with Gasteiger partial charge >= 0.3 is 5.97 Å². The molecular weight excluding hydrogens is 301 g/mol. The minimum Gasteiger partial charge on any atom is -0.466 e. The SMILES string of the molecule is CCOC(=O)C1CCCN(C(=O)CN(C)c2ncccc2F)C1. The number of amides is 1. The lowest BCUT2D eigenvalue weighted by atomic mass is 9.98. The average molecular weight is 323 g/mol. The highest BCUT2D eigenvalue weighted by Crippen LogP contribution is 2.19. The number of nitrogens with zero attached hydrogens (tertiary/aromatic N) is 3. The topological polar surface area (TPSA) is 62.7 Å². The molecule has 1 atom stereocenters. The average Bonchev–Trinajstić information content (AvgIpc) is 2.55. The summed E-state index contributed by atoms with van der Waals surface area (Å²) in [6.45, 7) is 3.08. The number of pyridine rings is 1. The fourth-order valence-electron chi connectivity index (χ4n) is 2.69. The van der Waals surface area contributed by atoms with E-state index < -0.39 is 5.82 Å². The third-order valence-corrected chi connectivity index (χ3v) is 3.87. The van der Waals surface area contributed by atoms with Gasteiger partial charge in [0, 0.05) is 26.3 Å². The van der Waals surface area contributed by atoms with E-state index >= 15 is 0 Å². The van der Waals surface area contributed by atoms with Crippen molar-refractivity contribution in [1.82, 2.24) is 9.88 Å². The predicted octanol–water partition coefficient (Wildman–Crippen LogP) is 1.46. The van der Waals surface area contributed by atoms with Crippen LogP contribution in [0.4, 0.5) is 10.2 Å². The van der Waals surface area contributed by atoms with Gasteiger partial charge in [-0.1, -0.05) is 0 Å². The van der Waals surface area contributed by atoms with Gasteiger partial charge in [-0.3, -0.25) is 9.59 Å². The maximum Gasteiger partial charge on any atom is 0.310 e. The molecule has 7 heteroatoms. The number of likely N-dealkylation sites (N-methyl/N-ethyl adjacent to an activating group) is 1. The first-order chi connectivity index (χ1) is 11.0. The Morgan fingerprint density at radius 1 is 1.52 bits per heavy atom. The lowest BCUT2D eigenvalue weighted by Gasteiger charge is -2.32. The number of ether oxygens (including phenoxy) is 1. The Balaban J connectivity index is 1.95. The van der Waals surface area contributed by atoms with Crippen molar-refractivity contribution in [3.05, 3.63) is 24.1 Å². The number of piperidine rings is 1. The molecule has 1 amide bonds. The van der Waals surface area contributed by atoms with E-state index in [4.69, 9.17) is 4.74 Å². The largest absolute Gasteiger partial charge is 0.466 e. The molecule has 6 nitrogen and oxygen atoms in total. The summed E-state index contributed by atoms with van der Waals surface area (Å²) in [6, 6.07) is 2.81. The van der Waals surface area contributed by atoms with E-state index in [0.29, 0.717) is 19.7 Å². The minimum absolute atomic E-state index is 0.0173. The van der Waals surface area contributed by atoms with E-state index in [0.717, 1.165) is 12.8 Å². The molecule has 23 heavy (non-hydrogen) atoms. The van der Waals surface area contributed by atoms with Crippen LogP contribution in [0.5, 0.6) is 0 Å². The molecule has 0 N–H and O–H groups in total. The number of carbonyl (C=O) groups is 2. The Kier molecular flexibility index (Phi) is 5.90. The molecule has 1 saturated heterocycles. The Morgan fingerprint density at radius 2 is 2.30 bits per heavy atom. The fraction of sp³-hybridized carbons (Fsp3) is 0.562. The number of carbonyl (C=O) groups excluding carboxylic acids is 2. The molecule has 1 aliphatic heterocycles. The quantitative estimate of drug-likeness (QED) is 0.768. The monoisotopic (exact) mass is 323 g/mol. The van der Waals surface area contributed by atoms with E-state index in [2.05, 4.69) is 4.98 Å². The molecule has 1 aliphatic rings. The maximum absolute atomic E-state index is 13.7. The van der Waals surface area contributed by atoms with Gasteiger partial charge in [-0.2, -0.15) is 0 Å². The molecular formula is C16H22FN3O3. The smallest absolute Gasteiger partial charge is 0.310 e. The molecule has 1 aromatic rings. The van der Waals surface area contributed by atoms with Gasteiger partial charge in [0.1, 0.15) is 0 Å². The molecule has 2 rings (SSSR count). The molecule has 0 saturated carbocycles. The van der Waals surface area contributed by atoms with Crippen LogP contribution in [-0.4, -0.2) is 55.0 Å². The van der Waals surface area contributed by atoms with E-state index in [1.165, 1.54) is 23.2 Å². The number of hydrogen-bond acceptors (Lipinski definition) is 5. The van der Waals surface area contributed by atoms with E-state index in [1.807, 2.05) is 0 Å². The van der Waals surface area contributed by atoms with Crippen molar-refractivity contribution in [2.75, 3.05) is 38.2 Å². The highest BCUT2D eigenvalue weighted by Gasteiger charge is 2.29. The van der Waals surface area contributed by atoms with E-state index in [-0.39, 0.29) is 30.2 Å². The van der Waals surface area contributed by atoms with E-state index in [9.17, 15) is 14.0 Å². The molecule has 1 fully saturated rings. The van der Waals surface area contributed by atoms with Crippen molar-refractivity contribution in [3.63, 3.8) is 0 Å². The number of hydrogen-bond donors (Lipinski definition) is 0. The summed E-state index contributed by atoms with van der Waals surface area (Å²) >= 11 is 0. The minimum atomic E-state index is -0.467. The van der Waals surface area contributed by atoms with Crippen LogP contribution >= 0.6 is 0 Å². The fourth-order valence-corrected chi connectivity index (χ4v) is 2.69. The predicted molar refractivity (Wildman–Crippen MR) is 83.4 cm³/mol. The molecule has 2 heterocycles. The number of halogens is 1. The molecule has 0 radical (unpaired) electrons. The zero-order valence-corrected chi connectivity index (χ0v) is 13.5. The van der Waals surface area contributed by atoms with Crippen molar-refractivity contribution >= 4 is 17.7 Å². The van der Waals surface area contributed by atoms with Gasteiger partial charge in [0.05, 0.1) is 19.1 Å². The van der Waals surface area contributed by atoms with Crippen LogP contribution in [0.1, 0.15) is 19.8 Å². The highest BCUT2D eigenvalue weighted by molar-refractivity contribution is 5.82. The number of esters is 1. The lowest BCUT2D eigenvalue weighted by molar-refractivity contribution is -0.151. The Hall–Kier alpha value is -2.18. The highest BCUT2D eigenvalue weighted by atomic mass is 19.1. The summed E-state index contributed by atoms with van der Waals surface area (Å²) in [5.41, 5.74) is 0. The molecule has 0 spiro atoms. The zero-order chi connectivity index (χ0) is 16.8. The van der Waals surface area contributed by atoms with Gasteiger partial charge in [0.15, 0.2) is 11.6 Å². The van der Waals surface area contributed by atoms with Gasteiger partial charge in [-0.15, -0.1) is 0 Å². The second kappa shape index (κ2) is 7.89. The first kappa shape index (κ1) is 17.2. The summed E-state index contributed by atoms with van der Waals surface area (Å²) in [5, 5.41) is 0. The number of rotatable bonds is 5. The molecule has 0 aromatic carbocycles. The van der Waals surface area contributed by atoms with Gasteiger partial charge < -0.3 is 14.5 Å². The summed E-state index contributed by atoms with van der Waals surface area (Å²) < 4.78 is 18.7. The third kappa shape index (κ3) is 4.40. The summed E-state index contributed by atoms with van der Waals surface area (Å²) in [7, 11) is 1.62. The first-order valence-corrected chi connectivity index (χ1v) is 7.79. The van der Waals surface area contributed by atoms with Crippen molar-refractivity contribution in [1.29, 1.82) is 0 Å². The van der Waals surface area contributed by atoms with Crippen molar-refractivity contribution in [2.45, 2.75) is 19.8 Å². The van der Waals surface area contributed by atoms with Crippen molar-refractivity contribution in [2.24, 2.45) is 5.92 Å². The van der Waals surface area contributed by atoms with E-state index in [1.54, 1.807) is 18.9 Å². The van der Waals surface area contributed by atoms with Crippen LogP contribution in [0, 0.1) is 11.7 Å². The molecule has 0 aliphatic carbocycles. The Labute approximate surface area is 135 Å². The van der Waals surface area contributed by atoms with Gasteiger partial charge in [-0.05, 0) is 31.9 Å². The molecule has 0 bridgehead atoms. The Bertz CT molecular complexity index is 567. The van der Waals surface area contributed by atoms with Crippen LogP contribution in [0.3, 0.4) is 0 Å². The number of likely N-dealkylation sites (tertiary alicyclic amines) is 1. The zero-order valence-electron chi connectivity index (χ0n) is 13.5. The van der Waals surface area contributed by atoms with Crippen LogP contribution in [0.2, 0.25) is 0 Å². The summed E-state index contributed by atoms with van der Waals surface area (Å²) in [5.74, 6) is -1.00. The standard InChI is InChI=1S/C16H22FN3O3/c1-3-23-16(22)12-6-5-9-20(10-12)14(21)11-19(2)15-13(17)7-4-8-18-15/h4,7-8,12H,3,5-6,9-11H2,1-2H3. The van der Waals surface area contributed by atoms with Crippen LogP contribution < -0.4 is 4.90 Å². The summed E-state index contributed by atoms with van der Waals surface area (Å²) in [4.78, 5) is 31.3. The second-order valence-corrected chi connectivity index (χ2v) is 5.60. The number of anilines is 1. The summed E-state index contributed by atoms with van der Waals surface area (Å²) in [6.07, 6.45) is 2.97.